The van der Waals surface area contributed by atoms with Crippen LogP contribution in [0.1, 0.15) is 232 Å². The molecule has 1 atom stereocenters. The molecule has 0 rings (SSSR count). The van der Waals surface area contributed by atoms with Gasteiger partial charge in [-0.25, -0.2) is 4.57 Å². The van der Waals surface area contributed by atoms with E-state index in [1.54, 1.807) is 0 Å². The fourth-order valence-corrected chi connectivity index (χ4v) is 6.99. The third-order valence-electron chi connectivity index (χ3n) is 10.1. The van der Waals surface area contributed by atoms with Crippen molar-refractivity contribution < 1.29 is 37.9 Å². The lowest BCUT2D eigenvalue weighted by molar-refractivity contribution is -0.161. The molecule has 0 aliphatic carbocycles. The monoisotopic (exact) mass is 811 g/mol. The van der Waals surface area contributed by atoms with Crippen molar-refractivity contribution in [1.29, 1.82) is 0 Å². The average molecular weight is 811 g/mol. The van der Waals surface area contributed by atoms with Crippen LogP contribution in [0.15, 0.2) is 36.5 Å². The summed E-state index contributed by atoms with van der Waals surface area (Å²) in [5.41, 5.74) is 0. The standard InChI is InChI=1S/C47H87O8P/c1-3-5-7-9-11-13-15-17-19-21-22-23-24-26-28-30-32-34-36-38-40-42-47(49)55-45(44-54-56(50,51)52)43-53-46(48)41-39-37-35-33-31-29-27-25-20-18-16-14-12-10-8-6-4-2/h12,14,17-20,45H,3-11,13,15-16,21-44H2,1-2H3,(H2,50,51,52)/b14-12-,19-17-,20-18-/t45-/m1/s1. The molecular weight excluding hydrogens is 723 g/mol. The summed E-state index contributed by atoms with van der Waals surface area (Å²) in [4.78, 5) is 43.0. The largest absolute Gasteiger partial charge is 0.469 e. The zero-order valence-corrected chi connectivity index (χ0v) is 37.2. The first-order valence-electron chi connectivity index (χ1n) is 23.3. The van der Waals surface area contributed by atoms with Crippen LogP contribution in [0.3, 0.4) is 0 Å². The highest BCUT2D eigenvalue weighted by atomic mass is 31.2. The normalized spacial score (nSPS) is 12.7. The van der Waals surface area contributed by atoms with Crippen LogP contribution < -0.4 is 0 Å². The van der Waals surface area contributed by atoms with Crippen molar-refractivity contribution in [2.75, 3.05) is 13.2 Å². The summed E-state index contributed by atoms with van der Waals surface area (Å²) in [5.74, 6) is -0.887. The molecule has 0 aromatic rings. The van der Waals surface area contributed by atoms with Crippen molar-refractivity contribution in [3.8, 4) is 0 Å². The van der Waals surface area contributed by atoms with Crippen LogP contribution in [0.5, 0.6) is 0 Å². The van der Waals surface area contributed by atoms with Crippen LogP contribution in [-0.2, 0) is 28.2 Å². The number of rotatable bonds is 43. The van der Waals surface area contributed by atoms with E-state index in [1.807, 2.05) is 0 Å². The number of unbranched alkanes of at least 4 members (excludes halogenated alkanes) is 27. The molecule has 0 unspecified atom stereocenters. The van der Waals surface area contributed by atoms with Gasteiger partial charge in [0.25, 0.3) is 0 Å². The third-order valence-corrected chi connectivity index (χ3v) is 10.6. The second kappa shape index (κ2) is 42.9. The summed E-state index contributed by atoms with van der Waals surface area (Å²) in [5, 5.41) is 0. The van der Waals surface area contributed by atoms with E-state index in [4.69, 9.17) is 19.3 Å². The number of phosphoric ester groups is 1. The van der Waals surface area contributed by atoms with Crippen LogP contribution in [0.25, 0.3) is 0 Å². The van der Waals surface area contributed by atoms with Gasteiger partial charge in [-0.15, -0.1) is 0 Å². The van der Waals surface area contributed by atoms with Crippen LogP contribution in [0, 0.1) is 0 Å². The minimum absolute atomic E-state index is 0.210. The number of hydrogen-bond donors (Lipinski definition) is 2. The van der Waals surface area contributed by atoms with Crippen molar-refractivity contribution in [1.82, 2.24) is 0 Å². The quantitative estimate of drug-likeness (QED) is 0.0270. The minimum Gasteiger partial charge on any atom is -0.462 e. The molecule has 0 aromatic heterocycles. The van der Waals surface area contributed by atoms with E-state index in [-0.39, 0.29) is 19.4 Å². The van der Waals surface area contributed by atoms with Crippen molar-refractivity contribution >= 4 is 19.8 Å². The maximum absolute atomic E-state index is 12.4. The van der Waals surface area contributed by atoms with E-state index in [0.29, 0.717) is 12.8 Å². The molecule has 0 bridgehead atoms. The van der Waals surface area contributed by atoms with Gasteiger partial charge in [0.2, 0.25) is 0 Å². The predicted octanol–water partition coefficient (Wildman–Crippen LogP) is 14.5. The van der Waals surface area contributed by atoms with E-state index in [2.05, 4.69) is 54.8 Å². The topological polar surface area (TPSA) is 119 Å². The molecule has 0 aliphatic heterocycles. The highest BCUT2D eigenvalue weighted by Gasteiger charge is 2.23. The van der Waals surface area contributed by atoms with Gasteiger partial charge in [0, 0.05) is 12.8 Å². The molecule has 56 heavy (non-hydrogen) atoms. The highest BCUT2D eigenvalue weighted by Crippen LogP contribution is 2.36. The van der Waals surface area contributed by atoms with Crippen LogP contribution in [-0.4, -0.2) is 41.0 Å². The molecule has 0 spiro atoms. The summed E-state index contributed by atoms with van der Waals surface area (Å²) >= 11 is 0. The zero-order chi connectivity index (χ0) is 41.1. The first kappa shape index (κ1) is 54.3. The molecule has 2 N–H and O–H groups in total. The van der Waals surface area contributed by atoms with E-state index in [0.717, 1.165) is 51.4 Å². The summed E-state index contributed by atoms with van der Waals surface area (Å²) in [6, 6.07) is 0. The van der Waals surface area contributed by atoms with Gasteiger partial charge in [-0.3, -0.25) is 14.1 Å². The molecule has 8 nitrogen and oxygen atoms in total. The number of carbonyl (C=O) groups is 2. The minimum atomic E-state index is -4.76. The van der Waals surface area contributed by atoms with E-state index in [1.165, 1.54) is 141 Å². The number of ether oxygens (including phenoxy) is 2. The van der Waals surface area contributed by atoms with E-state index >= 15 is 0 Å². The molecule has 0 amide bonds. The Morgan fingerprint density at radius 3 is 1.23 bits per heavy atom. The molecular formula is C47H87O8P. The van der Waals surface area contributed by atoms with Crippen molar-refractivity contribution in [2.24, 2.45) is 0 Å². The van der Waals surface area contributed by atoms with Gasteiger partial charge in [0.1, 0.15) is 6.61 Å². The van der Waals surface area contributed by atoms with Crippen molar-refractivity contribution in [2.45, 2.75) is 238 Å². The molecule has 0 saturated heterocycles. The fourth-order valence-electron chi connectivity index (χ4n) is 6.63. The second-order valence-electron chi connectivity index (χ2n) is 15.7. The van der Waals surface area contributed by atoms with E-state index in [9.17, 15) is 14.2 Å². The van der Waals surface area contributed by atoms with Crippen LogP contribution >= 0.6 is 7.82 Å². The molecule has 0 radical (unpaired) electrons. The Hall–Kier alpha value is -1.73. The first-order chi connectivity index (χ1) is 27.3. The Labute approximate surface area is 344 Å². The van der Waals surface area contributed by atoms with Gasteiger partial charge in [-0.05, 0) is 70.6 Å². The lowest BCUT2D eigenvalue weighted by atomic mass is 10.0. The molecule has 0 aromatic carbocycles. The number of carbonyl (C=O) groups excluding carboxylic acids is 2. The fraction of sp³-hybridized carbons (Fsp3) is 0.830. The Kier molecular flexibility index (Phi) is 41.5. The van der Waals surface area contributed by atoms with E-state index < -0.39 is 32.5 Å². The Morgan fingerprint density at radius 1 is 0.464 bits per heavy atom. The van der Waals surface area contributed by atoms with Gasteiger partial charge in [0.05, 0.1) is 6.61 Å². The van der Waals surface area contributed by atoms with Crippen LogP contribution in [0.2, 0.25) is 0 Å². The number of hydrogen-bond acceptors (Lipinski definition) is 6. The molecule has 0 heterocycles. The first-order valence-corrected chi connectivity index (χ1v) is 24.8. The summed E-state index contributed by atoms with van der Waals surface area (Å²) in [7, 11) is -4.76. The zero-order valence-electron chi connectivity index (χ0n) is 36.3. The predicted molar refractivity (Wildman–Crippen MR) is 235 cm³/mol. The summed E-state index contributed by atoms with van der Waals surface area (Å²) in [6.07, 6.45) is 51.5. The summed E-state index contributed by atoms with van der Waals surface area (Å²) in [6.45, 7) is 3.67. The number of phosphoric acid groups is 1. The highest BCUT2D eigenvalue weighted by molar-refractivity contribution is 7.46. The lowest BCUT2D eigenvalue weighted by Crippen LogP contribution is -2.29. The second-order valence-corrected chi connectivity index (χ2v) is 17.0. The maximum Gasteiger partial charge on any atom is 0.469 e. The SMILES string of the molecule is CCCCC/C=C\C/C=C\CCCCCCCCCC(=O)OC[C@H](COP(=O)(O)O)OC(=O)CCCCCCCCCCCCC/C=C\CCCCCCCC. The number of esters is 2. The number of allylic oxidation sites excluding steroid dienone is 6. The smallest absolute Gasteiger partial charge is 0.462 e. The maximum atomic E-state index is 12.4. The summed E-state index contributed by atoms with van der Waals surface area (Å²) < 4.78 is 26.5. The van der Waals surface area contributed by atoms with Gasteiger partial charge >= 0.3 is 19.8 Å². The molecule has 9 heteroatoms. The molecule has 328 valence electrons. The Bertz CT molecular complexity index is 1000. The van der Waals surface area contributed by atoms with Gasteiger partial charge in [0.15, 0.2) is 6.10 Å². The third kappa shape index (κ3) is 45.0. The average Bonchev–Trinajstić information content (AvgIpc) is 3.17. The Morgan fingerprint density at radius 2 is 0.804 bits per heavy atom. The van der Waals surface area contributed by atoms with Crippen LogP contribution in [0.4, 0.5) is 0 Å². The van der Waals surface area contributed by atoms with Crippen molar-refractivity contribution in [3.63, 3.8) is 0 Å². The van der Waals surface area contributed by atoms with Gasteiger partial charge in [-0.2, -0.15) is 0 Å². The van der Waals surface area contributed by atoms with Gasteiger partial charge < -0.3 is 19.3 Å². The van der Waals surface area contributed by atoms with Crippen molar-refractivity contribution in [3.05, 3.63) is 36.5 Å². The van der Waals surface area contributed by atoms with Gasteiger partial charge in [-0.1, -0.05) is 185 Å². The molecule has 0 fully saturated rings. The molecule has 0 aliphatic rings. The Balaban J connectivity index is 3.86. The lowest BCUT2D eigenvalue weighted by Gasteiger charge is -2.18. The molecule has 0 saturated carbocycles.